The zero-order valence-electron chi connectivity index (χ0n) is 15.1. The average molecular weight is 386 g/mol. The van der Waals surface area contributed by atoms with Crippen molar-refractivity contribution >= 4 is 34.8 Å². The van der Waals surface area contributed by atoms with Gasteiger partial charge in [0.1, 0.15) is 6.04 Å². The SMILES string of the molecule is CCc1ccsc1C(=O)Nc1cccc(C(=O)N2CCCCC2C(=O)O)c1. The van der Waals surface area contributed by atoms with Crippen LogP contribution in [0.5, 0.6) is 0 Å². The Hall–Kier alpha value is -2.67. The van der Waals surface area contributed by atoms with Gasteiger partial charge < -0.3 is 15.3 Å². The average Bonchev–Trinajstić information content (AvgIpc) is 3.16. The highest BCUT2D eigenvalue weighted by molar-refractivity contribution is 7.12. The Morgan fingerprint density at radius 3 is 2.81 bits per heavy atom. The van der Waals surface area contributed by atoms with Crippen molar-refractivity contribution in [1.82, 2.24) is 4.90 Å². The Morgan fingerprint density at radius 2 is 2.07 bits per heavy atom. The molecule has 1 aromatic carbocycles. The largest absolute Gasteiger partial charge is 0.480 e. The molecule has 1 unspecified atom stereocenters. The molecular weight excluding hydrogens is 364 g/mol. The molecule has 6 nitrogen and oxygen atoms in total. The van der Waals surface area contributed by atoms with E-state index in [-0.39, 0.29) is 11.8 Å². The Kier molecular flexibility index (Phi) is 5.91. The fraction of sp³-hybridized carbons (Fsp3) is 0.350. The van der Waals surface area contributed by atoms with Crippen LogP contribution in [0.25, 0.3) is 0 Å². The molecule has 1 aliphatic heterocycles. The Labute approximate surface area is 161 Å². The molecule has 7 heteroatoms. The molecule has 2 N–H and O–H groups in total. The number of aliphatic carboxylic acids is 1. The van der Waals surface area contributed by atoms with Gasteiger partial charge in [-0.15, -0.1) is 11.3 Å². The predicted octanol–water partition coefficient (Wildman–Crippen LogP) is 3.64. The molecule has 0 bridgehead atoms. The van der Waals surface area contributed by atoms with Crippen LogP contribution in [0.1, 0.15) is 51.8 Å². The molecule has 0 aliphatic carbocycles. The van der Waals surface area contributed by atoms with E-state index in [9.17, 15) is 19.5 Å². The third kappa shape index (κ3) is 4.19. The molecule has 0 saturated carbocycles. The summed E-state index contributed by atoms with van der Waals surface area (Å²) in [5.74, 6) is -1.49. The van der Waals surface area contributed by atoms with E-state index in [0.29, 0.717) is 29.1 Å². The number of anilines is 1. The smallest absolute Gasteiger partial charge is 0.326 e. The molecule has 3 rings (SSSR count). The molecule has 27 heavy (non-hydrogen) atoms. The summed E-state index contributed by atoms with van der Waals surface area (Å²) in [6, 6.07) is 7.81. The quantitative estimate of drug-likeness (QED) is 0.821. The predicted molar refractivity (Wildman–Crippen MR) is 104 cm³/mol. The van der Waals surface area contributed by atoms with Gasteiger partial charge >= 0.3 is 5.97 Å². The summed E-state index contributed by atoms with van der Waals surface area (Å²) in [6.45, 7) is 2.43. The lowest BCUT2D eigenvalue weighted by atomic mass is 10.0. The van der Waals surface area contributed by atoms with Crippen LogP contribution in [0.3, 0.4) is 0 Å². The standard InChI is InChI=1S/C20H22N2O4S/c1-2-13-9-11-27-17(13)18(23)21-15-7-5-6-14(12-15)19(24)22-10-4-3-8-16(22)20(25)26/h5-7,9,11-12,16H,2-4,8,10H2,1H3,(H,21,23)(H,25,26). The minimum absolute atomic E-state index is 0.201. The number of amides is 2. The molecule has 0 radical (unpaired) electrons. The molecule has 2 amide bonds. The summed E-state index contributed by atoms with van der Waals surface area (Å²) in [5, 5.41) is 14.1. The van der Waals surface area contributed by atoms with Crippen LogP contribution >= 0.6 is 11.3 Å². The summed E-state index contributed by atoms with van der Waals surface area (Å²) >= 11 is 1.39. The number of carbonyl (C=O) groups excluding carboxylic acids is 2. The van der Waals surface area contributed by atoms with Gasteiger partial charge in [-0.2, -0.15) is 0 Å². The van der Waals surface area contributed by atoms with Gasteiger partial charge in [-0.25, -0.2) is 4.79 Å². The van der Waals surface area contributed by atoms with Gasteiger partial charge in [0.05, 0.1) is 4.88 Å². The van der Waals surface area contributed by atoms with Crippen molar-refractivity contribution in [3.63, 3.8) is 0 Å². The van der Waals surface area contributed by atoms with Crippen LogP contribution in [0, 0.1) is 0 Å². The second-order valence-corrected chi connectivity index (χ2v) is 7.43. The number of likely N-dealkylation sites (tertiary alicyclic amines) is 1. The van der Waals surface area contributed by atoms with Crippen molar-refractivity contribution in [2.75, 3.05) is 11.9 Å². The maximum atomic E-state index is 12.8. The van der Waals surface area contributed by atoms with Crippen molar-refractivity contribution < 1.29 is 19.5 Å². The summed E-state index contributed by atoms with van der Waals surface area (Å²) in [7, 11) is 0. The number of nitrogens with zero attached hydrogens (tertiary/aromatic N) is 1. The lowest BCUT2D eigenvalue weighted by Crippen LogP contribution is -2.48. The number of rotatable bonds is 5. The van der Waals surface area contributed by atoms with Crippen molar-refractivity contribution in [1.29, 1.82) is 0 Å². The number of benzene rings is 1. The van der Waals surface area contributed by atoms with Crippen LogP contribution < -0.4 is 5.32 Å². The summed E-state index contributed by atoms with van der Waals surface area (Å²) in [6.07, 6.45) is 2.84. The Balaban J connectivity index is 1.78. The first-order valence-electron chi connectivity index (χ1n) is 9.02. The van der Waals surface area contributed by atoms with E-state index >= 15 is 0 Å². The molecule has 1 fully saturated rings. The number of aryl methyl sites for hydroxylation is 1. The molecule has 1 saturated heterocycles. The Bertz CT molecular complexity index is 861. The molecule has 2 heterocycles. The van der Waals surface area contributed by atoms with Crippen LogP contribution in [0.4, 0.5) is 5.69 Å². The van der Waals surface area contributed by atoms with E-state index in [0.717, 1.165) is 24.8 Å². The molecular formula is C20H22N2O4S. The third-order valence-corrected chi connectivity index (χ3v) is 5.71. The minimum Gasteiger partial charge on any atom is -0.480 e. The second-order valence-electron chi connectivity index (χ2n) is 6.51. The van der Waals surface area contributed by atoms with E-state index in [1.807, 2.05) is 18.4 Å². The van der Waals surface area contributed by atoms with Gasteiger partial charge in [-0.05, 0) is 60.9 Å². The van der Waals surface area contributed by atoms with E-state index in [1.54, 1.807) is 24.3 Å². The monoisotopic (exact) mass is 386 g/mol. The van der Waals surface area contributed by atoms with Crippen LogP contribution in [0.2, 0.25) is 0 Å². The normalized spacial score (nSPS) is 16.8. The summed E-state index contributed by atoms with van der Waals surface area (Å²) in [5.41, 5.74) is 1.88. The fourth-order valence-corrected chi connectivity index (χ4v) is 4.22. The van der Waals surface area contributed by atoms with Gasteiger partial charge in [0.2, 0.25) is 0 Å². The number of piperidine rings is 1. The summed E-state index contributed by atoms with van der Waals surface area (Å²) < 4.78 is 0. The second kappa shape index (κ2) is 8.35. The lowest BCUT2D eigenvalue weighted by molar-refractivity contribution is -0.143. The van der Waals surface area contributed by atoms with Gasteiger partial charge in [0.15, 0.2) is 0 Å². The van der Waals surface area contributed by atoms with E-state index < -0.39 is 12.0 Å². The zero-order chi connectivity index (χ0) is 19.4. The number of nitrogens with one attached hydrogen (secondary N) is 1. The highest BCUT2D eigenvalue weighted by Crippen LogP contribution is 2.23. The van der Waals surface area contributed by atoms with Crippen LogP contribution in [0.15, 0.2) is 35.7 Å². The van der Waals surface area contributed by atoms with Crippen LogP contribution in [-0.4, -0.2) is 40.4 Å². The van der Waals surface area contributed by atoms with Gasteiger partial charge in [0, 0.05) is 17.8 Å². The first-order valence-corrected chi connectivity index (χ1v) is 9.90. The maximum Gasteiger partial charge on any atom is 0.326 e. The number of carbonyl (C=O) groups is 3. The molecule has 1 aromatic heterocycles. The van der Waals surface area contributed by atoms with Gasteiger partial charge in [-0.3, -0.25) is 9.59 Å². The van der Waals surface area contributed by atoms with Crippen molar-refractivity contribution in [3.05, 3.63) is 51.7 Å². The first-order chi connectivity index (χ1) is 13.0. The van der Waals surface area contributed by atoms with E-state index in [1.165, 1.54) is 16.2 Å². The zero-order valence-corrected chi connectivity index (χ0v) is 15.9. The third-order valence-electron chi connectivity index (χ3n) is 4.75. The number of hydrogen-bond donors (Lipinski definition) is 2. The number of hydrogen-bond acceptors (Lipinski definition) is 4. The highest BCUT2D eigenvalue weighted by atomic mass is 32.1. The van der Waals surface area contributed by atoms with Crippen molar-refractivity contribution in [2.45, 2.75) is 38.6 Å². The fourth-order valence-electron chi connectivity index (χ4n) is 3.33. The highest BCUT2D eigenvalue weighted by Gasteiger charge is 2.32. The number of carboxylic acids is 1. The van der Waals surface area contributed by atoms with Crippen molar-refractivity contribution in [3.8, 4) is 0 Å². The maximum absolute atomic E-state index is 12.8. The Morgan fingerprint density at radius 1 is 1.26 bits per heavy atom. The summed E-state index contributed by atoms with van der Waals surface area (Å²) in [4.78, 5) is 38.9. The van der Waals surface area contributed by atoms with Crippen molar-refractivity contribution in [2.24, 2.45) is 0 Å². The number of thiophene rings is 1. The van der Waals surface area contributed by atoms with E-state index in [2.05, 4.69) is 5.32 Å². The molecule has 0 spiro atoms. The number of carboxylic acid groups (broad SMARTS) is 1. The molecule has 142 valence electrons. The minimum atomic E-state index is -0.975. The van der Waals surface area contributed by atoms with Gasteiger partial charge in [0.25, 0.3) is 11.8 Å². The van der Waals surface area contributed by atoms with Crippen LogP contribution in [-0.2, 0) is 11.2 Å². The first kappa shape index (κ1) is 19.1. The molecule has 1 atom stereocenters. The topological polar surface area (TPSA) is 86.7 Å². The molecule has 2 aromatic rings. The van der Waals surface area contributed by atoms with Gasteiger partial charge in [-0.1, -0.05) is 13.0 Å². The van der Waals surface area contributed by atoms with E-state index in [4.69, 9.17) is 0 Å². The lowest BCUT2D eigenvalue weighted by Gasteiger charge is -2.33. The molecule has 1 aliphatic rings.